The molecule has 0 atom stereocenters. The molecule has 1 aromatic heterocycles. The quantitative estimate of drug-likeness (QED) is 0.608. The first-order chi connectivity index (χ1) is 12.9. The van der Waals surface area contributed by atoms with Crippen molar-refractivity contribution >= 4 is 34.8 Å². The van der Waals surface area contributed by atoms with E-state index in [9.17, 15) is 4.79 Å². The van der Waals surface area contributed by atoms with Crippen LogP contribution in [-0.2, 0) is 0 Å². The van der Waals surface area contributed by atoms with Gasteiger partial charge in [0.1, 0.15) is 5.69 Å². The molecule has 0 fully saturated rings. The maximum absolute atomic E-state index is 12.6. The van der Waals surface area contributed by atoms with Crippen molar-refractivity contribution in [2.45, 2.75) is 26.7 Å². The molecule has 0 spiro atoms. The Hall–Kier alpha value is -2.92. The molecule has 2 aromatic carbocycles. The van der Waals surface area contributed by atoms with Crippen LogP contribution in [-0.4, -0.2) is 15.9 Å². The first-order valence-corrected chi connectivity index (χ1v) is 9.08. The van der Waals surface area contributed by atoms with Crippen LogP contribution < -0.4 is 10.6 Å². The summed E-state index contributed by atoms with van der Waals surface area (Å²) >= 11 is 5.90. The van der Waals surface area contributed by atoms with Gasteiger partial charge in [-0.1, -0.05) is 37.6 Å². The molecule has 0 aliphatic heterocycles. The fraction of sp³-hybridized carbons (Fsp3) is 0.190. The van der Waals surface area contributed by atoms with Crippen LogP contribution in [0.5, 0.6) is 0 Å². The van der Waals surface area contributed by atoms with Crippen molar-refractivity contribution in [3.8, 4) is 0 Å². The minimum absolute atomic E-state index is 0.281. The Bertz CT molecular complexity index is 937. The number of hydrogen-bond donors (Lipinski definition) is 2. The predicted molar refractivity (Wildman–Crippen MR) is 110 cm³/mol. The number of rotatable bonds is 5. The molecule has 0 bridgehead atoms. The Labute approximate surface area is 163 Å². The average Bonchev–Trinajstić information content (AvgIpc) is 2.63. The van der Waals surface area contributed by atoms with E-state index in [0.717, 1.165) is 11.4 Å². The Morgan fingerprint density at radius 1 is 0.963 bits per heavy atom. The summed E-state index contributed by atoms with van der Waals surface area (Å²) in [6.07, 6.45) is 0. The molecular weight excluding hydrogens is 360 g/mol. The fourth-order valence-corrected chi connectivity index (χ4v) is 2.68. The molecule has 138 valence electrons. The third kappa shape index (κ3) is 5.05. The number of hydrogen-bond acceptors (Lipinski definition) is 4. The smallest absolute Gasteiger partial charge is 0.274 e. The van der Waals surface area contributed by atoms with Crippen LogP contribution in [0.2, 0.25) is 5.02 Å². The number of carbonyl (C=O) groups excluding carboxylic acids is 1. The molecule has 1 amide bonds. The monoisotopic (exact) mass is 380 g/mol. The van der Waals surface area contributed by atoms with Gasteiger partial charge in [-0.15, -0.1) is 0 Å². The van der Waals surface area contributed by atoms with Gasteiger partial charge in [0, 0.05) is 22.1 Å². The first-order valence-electron chi connectivity index (χ1n) is 8.70. The molecule has 0 unspecified atom stereocenters. The number of nitrogens with zero attached hydrogens (tertiary/aromatic N) is 2. The number of halogens is 1. The van der Waals surface area contributed by atoms with Crippen LogP contribution in [0.1, 0.15) is 41.5 Å². The van der Waals surface area contributed by atoms with Gasteiger partial charge in [0.05, 0.1) is 0 Å². The van der Waals surface area contributed by atoms with Crippen LogP contribution in [0.3, 0.4) is 0 Å². The molecule has 27 heavy (non-hydrogen) atoms. The van der Waals surface area contributed by atoms with E-state index in [0.29, 0.717) is 28.3 Å². The minimum Gasteiger partial charge on any atom is -0.324 e. The third-order valence-corrected chi connectivity index (χ3v) is 4.27. The van der Waals surface area contributed by atoms with E-state index in [1.807, 2.05) is 43.3 Å². The summed E-state index contributed by atoms with van der Waals surface area (Å²) in [6.45, 7) is 6.09. The summed E-state index contributed by atoms with van der Waals surface area (Å²) in [7, 11) is 0. The molecule has 0 aliphatic rings. The molecule has 6 heteroatoms. The molecule has 0 saturated heterocycles. The van der Waals surface area contributed by atoms with E-state index >= 15 is 0 Å². The summed E-state index contributed by atoms with van der Waals surface area (Å²) in [5.74, 6) is 0.523. The van der Waals surface area contributed by atoms with Crippen molar-refractivity contribution in [1.82, 2.24) is 9.97 Å². The van der Waals surface area contributed by atoms with Gasteiger partial charge in [-0.3, -0.25) is 4.79 Å². The number of aromatic nitrogens is 2. The Morgan fingerprint density at radius 2 is 1.59 bits per heavy atom. The predicted octanol–water partition coefficient (Wildman–Crippen LogP) is 5.56. The second-order valence-electron chi connectivity index (χ2n) is 6.58. The van der Waals surface area contributed by atoms with E-state index in [-0.39, 0.29) is 5.91 Å². The lowest BCUT2D eigenvalue weighted by atomic mass is 10.0. The minimum atomic E-state index is -0.281. The first kappa shape index (κ1) is 18.9. The highest BCUT2D eigenvalue weighted by Gasteiger charge is 2.12. The van der Waals surface area contributed by atoms with Gasteiger partial charge in [0.25, 0.3) is 5.91 Å². The topological polar surface area (TPSA) is 66.9 Å². The summed E-state index contributed by atoms with van der Waals surface area (Å²) in [4.78, 5) is 21.3. The van der Waals surface area contributed by atoms with E-state index in [1.54, 1.807) is 18.2 Å². The Kier molecular flexibility index (Phi) is 5.72. The van der Waals surface area contributed by atoms with Gasteiger partial charge in [-0.2, -0.15) is 0 Å². The molecule has 0 radical (unpaired) electrons. The largest absolute Gasteiger partial charge is 0.324 e. The van der Waals surface area contributed by atoms with Crippen LogP contribution >= 0.6 is 11.6 Å². The number of carbonyl (C=O) groups is 1. The van der Waals surface area contributed by atoms with E-state index in [2.05, 4.69) is 34.4 Å². The molecule has 3 aromatic rings. The maximum atomic E-state index is 12.6. The molecule has 2 N–H and O–H groups in total. The van der Waals surface area contributed by atoms with Crippen LogP contribution in [0.25, 0.3) is 0 Å². The van der Waals surface area contributed by atoms with Crippen molar-refractivity contribution in [3.05, 3.63) is 76.6 Å². The SMILES string of the molecule is Cc1cc(C(=O)Nc2ccc(C(C)C)cc2)nc(Nc2ccc(Cl)cc2)n1. The van der Waals surface area contributed by atoms with E-state index in [4.69, 9.17) is 11.6 Å². The van der Waals surface area contributed by atoms with Gasteiger partial charge in [0.15, 0.2) is 0 Å². The molecule has 3 rings (SSSR count). The summed E-state index contributed by atoms with van der Waals surface area (Å²) in [6, 6.07) is 16.7. The van der Waals surface area contributed by atoms with Crippen molar-refractivity contribution in [2.24, 2.45) is 0 Å². The normalized spacial score (nSPS) is 10.7. The van der Waals surface area contributed by atoms with Crippen molar-refractivity contribution < 1.29 is 4.79 Å². The zero-order chi connectivity index (χ0) is 19.4. The van der Waals surface area contributed by atoms with Gasteiger partial charge in [-0.05, 0) is 60.9 Å². The maximum Gasteiger partial charge on any atom is 0.274 e. The Balaban J connectivity index is 1.76. The second-order valence-corrected chi connectivity index (χ2v) is 7.02. The molecule has 5 nitrogen and oxygen atoms in total. The highest BCUT2D eigenvalue weighted by molar-refractivity contribution is 6.30. The number of benzene rings is 2. The lowest BCUT2D eigenvalue weighted by Gasteiger charge is -2.10. The zero-order valence-corrected chi connectivity index (χ0v) is 16.2. The average molecular weight is 381 g/mol. The lowest BCUT2D eigenvalue weighted by molar-refractivity contribution is 0.102. The van der Waals surface area contributed by atoms with Crippen LogP contribution in [0, 0.1) is 6.92 Å². The summed E-state index contributed by atoms with van der Waals surface area (Å²) in [5.41, 5.74) is 3.74. The zero-order valence-electron chi connectivity index (χ0n) is 15.5. The Morgan fingerprint density at radius 3 is 2.22 bits per heavy atom. The van der Waals surface area contributed by atoms with E-state index in [1.165, 1.54) is 5.56 Å². The number of anilines is 3. The van der Waals surface area contributed by atoms with Gasteiger partial charge < -0.3 is 10.6 Å². The molecule has 0 aliphatic carbocycles. The van der Waals surface area contributed by atoms with Crippen molar-refractivity contribution in [2.75, 3.05) is 10.6 Å². The van der Waals surface area contributed by atoms with Gasteiger partial charge in [0.2, 0.25) is 5.95 Å². The summed E-state index contributed by atoms with van der Waals surface area (Å²) < 4.78 is 0. The molecular formula is C21H21ClN4O. The highest BCUT2D eigenvalue weighted by atomic mass is 35.5. The molecule has 1 heterocycles. The number of aryl methyl sites for hydroxylation is 1. The van der Waals surface area contributed by atoms with Crippen LogP contribution in [0.4, 0.5) is 17.3 Å². The van der Waals surface area contributed by atoms with Gasteiger partial charge in [-0.25, -0.2) is 9.97 Å². The van der Waals surface area contributed by atoms with Gasteiger partial charge >= 0.3 is 0 Å². The second kappa shape index (κ2) is 8.18. The standard InChI is InChI=1S/C21H21ClN4O/c1-13(2)15-4-8-17(9-5-15)24-20(27)19-12-14(3)23-21(26-19)25-18-10-6-16(22)7-11-18/h4-13H,1-3H3,(H,24,27)(H,23,25,26). The summed E-state index contributed by atoms with van der Waals surface area (Å²) in [5, 5.41) is 6.61. The van der Waals surface area contributed by atoms with Crippen molar-refractivity contribution in [3.63, 3.8) is 0 Å². The third-order valence-electron chi connectivity index (χ3n) is 4.02. The lowest BCUT2D eigenvalue weighted by Crippen LogP contribution is -2.15. The van der Waals surface area contributed by atoms with Crippen LogP contribution in [0.15, 0.2) is 54.6 Å². The number of amides is 1. The number of nitrogens with one attached hydrogen (secondary N) is 2. The van der Waals surface area contributed by atoms with Crippen molar-refractivity contribution in [1.29, 1.82) is 0 Å². The fourth-order valence-electron chi connectivity index (χ4n) is 2.55. The molecule has 0 saturated carbocycles. The highest BCUT2D eigenvalue weighted by Crippen LogP contribution is 2.19. The van der Waals surface area contributed by atoms with E-state index < -0.39 is 0 Å².